The van der Waals surface area contributed by atoms with Crippen molar-refractivity contribution < 1.29 is 23.3 Å². The predicted molar refractivity (Wildman–Crippen MR) is 117 cm³/mol. The molecule has 0 radical (unpaired) electrons. The molecular formula is C23H22N4O5. The van der Waals surface area contributed by atoms with Crippen LogP contribution in [-0.2, 0) is 11.2 Å². The van der Waals surface area contributed by atoms with Gasteiger partial charge in [0.1, 0.15) is 24.0 Å². The highest BCUT2D eigenvalue weighted by molar-refractivity contribution is 6.03. The highest BCUT2D eigenvalue weighted by atomic mass is 16.5. The van der Waals surface area contributed by atoms with E-state index in [0.717, 1.165) is 10.9 Å². The van der Waals surface area contributed by atoms with Crippen molar-refractivity contribution >= 4 is 28.5 Å². The molecule has 1 aliphatic rings. The lowest BCUT2D eigenvalue weighted by Gasteiger charge is -2.19. The van der Waals surface area contributed by atoms with Crippen LogP contribution in [0.5, 0.6) is 5.75 Å². The molecule has 1 aliphatic heterocycles. The fourth-order valence-electron chi connectivity index (χ4n) is 3.47. The lowest BCUT2D eigenvalue weighted by atomic mass is 10.1. The molecule has 9 nitrogen and oxygen atoms in total. The Morgan fingerprint density at radius 1 is 1.22 bits per heavy atom. The van der Waals surface area contributed by atoms with Gasteiger partial charge in [0.05, 0.1) is 18.4 Å². The van der Waals surface area contributed by atoms with Gasteiger partial charge in [0.15, 0.2) is 0 Å². The second kappa shape index (κ2) is 8.54. The molecule has 1 atom stereocenters. The maximum Gasteiger partial charge on any atom is 0.293 e. The van der Waals surface area contributed by atoms with Crippen LogP contribution in [0.2, 0.25) is 0 Å². The predicted octanol–water partition coefficient (Wildman–Crippen LogP) is 3.20. The number of aromatic nitrogens is 2. The Bertz CT molecular complexity index is 1260. The molecule has 0 spiro atoms. The van der Waals surface area contributed by atoms with E-state index in [1.165, 1.54) is 4.90 Å². The lowest BCUT2D eigenvalue weighted by molar-refractivity contribution is -0.120. The molecule has 3 heterocycles. The van der Waals surface area contributed by atoms with E-state index < -0.39 is 11.9 Å². The fraction of sp³-hybridized carbons (Fsp3) is 0.217. The number of furan rings is 1. The number of fused-ring (bicyclic) bond motifs is 2. The van der Waals surface area contributed by atoms with Crippen molar-refractivity contribution in [2.24, 2.45) is 0 Å². The van der Waals surface area contributed by atoms with E-state index in [1.807, 2.05) is 36.4 Å². The van der Waals surface area contributed by atoms with Crippen LogP contribution in [0.4, 0.5) is 5.69 Å². The average Bonchev–Trinajstić information content (AvgIpc) is 3.42. The minimum atomic E-state index is -0.910. The number of ether oxygens (including phenoxy) is 1. The zero-order valence-electron chi connectivity index (χ0n) is 16.6. The van der Waals surface area contributed by atoms with Crippen LogP contribution in [0.25, 0.3) is 11.0 Å². The molecule has 32 heavy (non-hydrogen) atoms. The molecule has 2 aromatic heterocycles. The number of nitrogens with zero attached hydrogens (tertiary/aromatic N) is 3. The summed E-state index contributed by atoms with van der Waals surface area (Å²) < 4.78 is 16.4. The fourth-order valence-corrected chi connectivity index (χ4v) is 3.47. The molecule has 5 rings (SSSR count). The van der Waals surface area contributed by atoms with Gasteiger partial charge in [-0.3, -0.25) is 9.59 Å². The molecule has 0 saturated heterocycles. The number of rotatable bonds is 4. The van der Waals surface area contributed by atoms with Gasteiger partial charge in [0.25, 0.3) is 17.6 Å². The molecule has 9 heteroatoms. The minimum Gasteiger partial charge on any atom is -0.489 e. The topological polar surface area (TPSA) is 111 Å². The molecule has 164 valence electrons. The minimum absolute atomic E-state index is 0. The van der Waals surface area contributed by atoms with Crippen LogP contribution in [0.15, 0.2) is 63.7 Å². The molecule has 4 aromatic rings. The number of nitrogens with one attached hydrogen (secondary N) is 1. The van der Waals surface area contributed by atoms with Crippen LogP contribution in [0.3, 0.4) is 0 Å². The van der Waals surface area contributed by atoms with Gasteiger partial charge in [-0.25, -0.2) is 0 Å². The smallest absolute Gasteiger partial charge is 0.293 e. The van der Waals surface area contributed by atoms with E-state index in [-0.39, 0.29) is 25.8 Å². The van der Waals surface area contributed by atoms with Crippen molar-refractivity contribution in [2.75, 3.05) is 18.6 Å². The lowest BCUT2D eigenvalue weighted by Crippen LogP contribution is -2.49. The molecule has 0 saturated carbocycles. The van der Waals surface area contributed by atoms with Crippen LogP contribution in [0, 0.1) is 0 Å². The molecule has 0 aliphatic carbocycles. The van der Waals surface area contributed by atoms with Gasteiger partial charge in [-0.2, -0.15) is 4.98 Å². The number of amides is 2. The maximum atomic E-state index is 12.9. The highest BCUT2D eigenvalue weighted by Gasteiger charge is 2.32. The first kappa shape index (κ1) is 21.1. The van der Waals surface area contributed by atoms with E-state index in [4.69, 9.17) is 13.7 Å². The van der Waals surface area contributed by atoms with Crippen molar-refractivity contribution in [3.63, 3.8) is 0 Å². The first-order valence-electron chi connectivity index (χ1n) is 9.67. The van der Waals surface area contributed by atoms with Crippen molar-refractivity contribution in [1.29, 1.82) is 0 Å². The van der Waals surface area contributed by atoms with Crippen molar-refractivity contribution in [1.82, 2.24) is 15.5 Å². The first-order chi connectivity index (χ1) is 15.1. The van der Waals surface area contributed by atoms with Gasteiger partial charge in [-0.1, -0.05) is 42.9 Å². The SMILES string of the molecule is C.CN1C(=O)[C@@H](NC(=O)c2noc(Cc3ccccc3)n2)COc2cc3occc3cc21. The normalized spacial score (nSPS) is 15.5. The quantitative estimate of drug-likeness (QED) is 0.525. The summed E-state index contributed by atoms with van der Waals surface area (Å²) in [6.45, 7) is -0.0388. The van der Waals surface area contributed by atoms with E-state index in [0.29, 0.717) is 29.3 Å². The Balaban J connectivity index is 0.00000245. The summed E-state index contributed by atoms with van der Waals surface area (Å²) in [5.74, 6) is -0.256. The Hall–Kier alpha value is -4.14. The molecule has 1 N–H and O–H groups in total. The highest BCUT2D eigenvalue weighted by Crippen LogP contribution is 2.35. The Kier molecular flexibility index (Phi) is 5.63. The summed E-state index contributed by atoms with van der Waals surface area (Å²) >= 11 is 0. The number of anilines is 1. The summed E-state index contributed by atoms with van der Waals surface area (Å²) in [6.07, 6.45) is 1.98. The zero-order valence-corrected chi connectivity index (χ0v) is 16.6. The number of hydrogen-bond donors (Lipinski definition) is 1. The third-order valence-corrected chi connectivity index (χ3v) is 5.10. The number of carbonyl (C=O) groups excluding carboxylic acids is 2. The van der Waals surface area contributed by atoms with Crippen LogP contribution >= 0.6 is 0 Å². The molecule has 2 aromatic carbocycles. The molecule has 2 amide bonds. The summed E-state index contributed by atoms with van der Waals surface area (Å²) in [4.78, 5) is 31.2. The van der Waals surface area contributed by atoms with E-state index >= 15 is 0 Å². The largest absolute Gasteiger partial charge is 0.489 e. The summed E-state index contributed by atoms with van der Waals surface area (Å²) in [6, 6.07) is 14.0. The van der Waals surface area contributed by atoms with Gasteiger partial charge in [0, 0.05) is 18.5 Å². The summed E-state index contributed by atoms with van der Waals surface area (Å²) in [5.41, 5.74) is 2.23. The number of likely N-dealkylation sites (N-methyl/N-ethyl adjacent to an activating group) is 1. The second-order valence-corrected chi connectivity index (χ2v) is 7.19. The standard InChI is InChI=1S/C22H18N4O5.CH4/c1-26-16-10-14-7-8-29-17(14)11-18(16)30-12-15(22(26)28)23-21(27)20-24-19(31-25-20)9-13-5-3-2-4-6-13;/h2-8,10-11,15H,9,12H2,1H3,(H,23,27);1H4/t15-;/m0./s1. The third-order valence-electron chi connectivity index (χ3n) is 5.10. The second-order valence-electron chi connectivity index (χ2n) is 7.19. The van der Waals surface area contributed by atoms with Crippen LogP contribution < -0.4 is 15.0 Å². The Morgan fingerprint density at radius 2 is 2.03 bits per heavy atom. The number of carbonyl (C=O) groups is 2. The molecule has 0 unspecified atom stereocenters. The average molecular weight is 434 g/mol. The van der Waals surface area contributed by atoms with Crippen molar-refractivity contribution in [2.45, 2.75) is 19.9 Å². The van der Waals surface area contributed by atoms with Crippen molar-refractivity contribution in [3.05, 3.63) is 72.1 Å². The van der Waals surface area contributed by atoms with Crippen LogP contribution in [-0.4, -0.2) is 41.7 Å². The number of benzene rings is 2. The van der Waals surface area contributed by atoms with E-state index in [2.05, 4.69) is 15.5 Å². The van der Waals surface area contributed by atoms with Gasteiger partial charge in [-0.05, 0) is 17.7 Å². The Labute approximate surface area is 184 Å². The first-order valence-corrected chi connectivity index (χ1v) is 9.67. The maximum absolute atomic E-state index is 12.9. The van der Waals surface area contributed by atoms with Crippen molar-refractivity contribution in [3.8, 4) is 5.75 Å². The van der Waals surface area contributed by atoms with E-state index in [9.17, 15) is 9.59 Å². The molecular weight excluding hydrogens is 412 g/mol. The summed E-state index contributed by atoms with van der Waals surface area (Å²) in [7, 11) is 1.63. The van der Waals surface area contributed by atoms with Gasteiger partial charge >= 0.3 is 0 Å². The zero-order chi connectivity index (χ0) is 21.4. The van der Waals surface area contributed by atoms with Crippen LogP contribution in [0.1, 0.15) is 29.5 Å². The molecule has 0 bridgehead atoms. The summed E-state index contributed by atoms with van der Waals surface area (Å²) in [5, 5.41) is 7.23. The van der Waals surface area contributed by atoms with Gasteiger partial charge < -0.3 is 23.9 Å². The number of hydrogen-bond acceptors (Lipinski definition) is 7. The van der Waals surface area contributed by atoms with Gasteiger partial charge in [0.2, 0.25) is 5.89 Å². The third kappa shape index (κ3) is 3.92. The Morgan fingerprint density at radius 3 is 2.84 bits per heavy atom. The molecule has 0 fully saturated rings. The monoisotopic (exact) mass is 434 g/mol. The van der Waals surface area contributed by atoms with E-state index in [1.54, 1.807) is 25.4 Å². The van der Waals surface area contributed by atoms with Gasteiger partial charge in [-0.15, -0.1) is 0 Å².